The Kier molecular flexibility index (Phi) is 9.94. The molecule has 0 unspecified atom stereocenters. The predicted octanol–water partition coefficient (Wildman–Crippen LogP) is 3.89. The third-order valence-electron chi connectivity index (χ3n) is 7.89. The third-order valence-corrected chi connectivity index (χ3v) is 7.89. The van der Waals surface area contributed by atoms with Crippen molar-refractivity contribution < 1.29 is 33.6 Å². The molecular weight excluding hydrogens is 578 g/mol. The Morgan fingerprint density at radius 1 is 0.911 bits per heavy atom. The van der Waals surface area contributed by atoms with Gasteiger partial charge >= 0.3 is 5.69 Å². The molecule has 1 saturated heterocycles. The Bertz CT molecular complexity index is 1580. The number of aliphatic hydroxyl groups is 1. The van der Waals surface area contributed by atoms with Gasteiger partial charge in [0, 0.05) is 20.2 Å². The maximum Gasteiger partial charge on any atom is 0.351 e. The van der Waals surface area contributed by atoms with E-state index in [4.69, 9.17) is 23.7 Å². The van der Waals surface area contributed by atoms with Crippen LogP contribution in [0.1, 0.15) is 36.3 Å². The molecule has 3 aromatic carbocycles. The van der Waals surface area contributed by atoms with Crippen molar-refractivity contribution in [3.8, 4) is 11.5 Å². The number of benzene rings is 3. The lowest BCUT2D eigenvalue weighted by Gasteiger charge is -2.36. The Morgan fingerprint density at radius 2 is 1.49 bits per heavy atom. The van der Waals surface area contributed by atoms with Crippen LogP contribution in [0.15, 0.2) is 95.9 Å². The van der Waals surface area contributed by atoms with Gasteiger partial charge < -0.3 is 34.1 Å². The van der Waals surface area contributed by atoms with Crippen LogP contribution < -0.4 is 20.5 Å². The number of hydrogen-bond donors (Lipinski definition) is 2. The fourth-order valence-electron chi connectivity index (χ4n) is 5.69. The lowest BCUT2D eigenvalue weighted by molar-refractivity contribution is -0.114. The van der Waals surface area contributed by atoms with E-state index >= 15 is 0 Å². The molecule has 2 N–H and O–H groups in total. The maximum atomic E-state index is 12.8. The van der Waals surface area contributed by atoms with Gasteiger partial charge in [-0.25, -0.2) is 4.79 Å². The van der Waals surface area contributed by atoms with Crippen LogP contribution in [0.3, 0.4) is 0 Å². The molecule has 11 nitrogen and oxygen atoms in total. The van der Waals surface area contributed by atoms with Crippen molar-refractivity contribution in [3.05, 3.63) is 118 Å². The number of rotatable bonds is 12. The minimum absolute atomic E-state index is 0.121. The Balaban J connectivity index is 1.45. The van der Waals surface area contributed by atoms with E-state index in [0.717, 1.165) is 16.7 Å². The van der Waals surface area contributed by atoms with Crippen molar-refractivity contribution in [1.82, 2.24) is 9.55 Å². The highest BCUT2D eigenvalue weighted by atomic mass is 16.6. The van der Waals surface area contributed by atoms with Gasteiger partial charge in [0.25, 0.3) is 0 Å². The number of anilines is 1. The van der Waals surface area contributed by atoms with Crippen molar-refractivity contribution in [2.24, 2.45) is 0 Å². The molecule has 1 fully saturated rings. The first-order valence-electron chi connectivity index (χ1n) is 14.5. The van der Waals surface area contributed by atoms with Crippen molar-refractivity contribution in [3.63, 3.8) is 0 Å². The SMILES string of the molecule is COc1ccc(C(OCC[C@H]2O[C@@H](n3ccc(NC(C)=O)nc3=O)[C@@H](OC)[C@@H]2O)(c2ccccc2)c2ccc(OC)cc2)cc1. The van der Waals surface area contributed by atoms with Gasteiger partial charge in [-0.2, -0.15) is 4.98 Å². The molecule has 2 heterocycles. The fourth-order valence-corrected chi connectivity index (χ4v) is 5.69. The largest absolute Gasteiger partial charge is 0.497 e. The highest BCUT2D eigenvalue weighted by Crippen LogP contribution is 2.42. The number of nitrogens with one attached hydrogen (secondary N) is 1. The molecule has 1 aliphatic heterocycles. The van der Waals surface area contributed by atoms with Gasteiger partial charge in [0.15, 0.2) is 6.23 Å². The molecule has 0 bridgehead atoms. The topological polar surface area (TPSA) is 130 Å². The second kappa shape index (κ2) is 14.0. The van der Waals surface area contributed by atoms with Crippen LogP contribution in [0, 0.1) is 0 Å². The predicted molar refractivity (Wildman–Crippen MR) is 166 cm³/mol. The number of aromatic nitrogens is 2. The second-order valence-electron chi connectivity index (χ2n) is 10.6. The Hall–Kier alpha value is -4.55. The van der Waals surface area contributed by atoms with Crippen molar-refractivity contribution in [2.45, 2.75) is 43.5 Å². The lowest BCUT2D eigenvalue weighted by atomic mass is 9.80. The highest BCUT2D eigenvalue weighted by Gasteiger charge is 2.46. The van der Waals surface area contributed by atoms with Crippen molar-refractivity contribution in [1.29, 1.82) is 0 Å². The summed E-state index contributed by atoms with van der Waals surface area (Å²) in [5, 5.41) is 13.7. The molecule has 0 spiro atoms. The first kappa shape index (κ1) is 31.9. The van der Waals surface area contributed by atoms with E-state index in [1.807, 2.05) is 78.9 Å². The molecule has 236 valence electrons. The summed E-state index contributed by atoms with van der Waals surface area (Å²) in [5.74, 6) is 1.20. The van der Waals surface area contributed by atoms with E-state index in [1.54, 1.807) is 14.2 Å². The zero-order valence-corrected chi connectivity index (χ0v) is 25.6. The van der Waals surface area contributed by atoms with Crippen molar-refractivity contribution >= 4 is 11.7 Å². The fraction of sp³-hybridized carbons (Fsp3) is 0.324. The first-order chi connectivity index (χ1) is 21.8. The number of ether oxygens (including phenoxy) is 5. The van der Waals surface area contributed by atoms with E-state index in [2.05, 4.69) is 10.3 Å². The summed E-state index contributed by atoms with van der Waals surface area (Å²) in [6.45, 7) is 1.50. The van der Waals surface area contributed by atoms with Gasteiger partial charge in [0.1, 0.15) is 35.1 Å². The summed E-state index contributed by atoms with van der Waals surface area (Å²) in [6.07, 6.45) is -1.83. The minimum Gasteiger partial charge on any atom is -0.497 e. The number of hydrogen-bond acceptors (Lipinski definition) is 9. The standard InChI is InChI=1S/C34H37N3O8/c1-22(38)35-29-18-20-37(33(40)36-29)32-31(43-4)30(39)28(45-32)19-21-44-34(23-8-6-5-7-9-23,24-10-14-26(41-2)15-11-24)25-12-16-27(42-3)17-13-25/h5-18,20,28,30-32,39H,19,21H2,1-4H3,(H,35,36,38,40)/t28-,30-,31+,32-/m1/s1. The Morgan fingerprint density at radius 3 is 2.00 bits per heavy atom. The van der Waals surface area contributed by atoms with Gasteiger partial charge in [-0.3, -0.25) is 9.36 Å². The monoisotopic (exact) mass is 615 g/mol. The minimum atomic E-state index is -1.06. The number of nitrogens with zero attached hydrogens (tertiary/aromatic N) is 2. The van der Waals surface area contributed by atoms with E-state index in [9.17, 15) is 14.7 Å². The van der Waals surface area contributed by atoms with Gasteiger partial charge in [-0.15, -0.1) is 0 Å². The van der Waals surface area contributed by atoms with Crippen molar-refractivity contribution in [2.75, 3.05) is 33.3 Å². The number of carbonyl (C=O) groups excluding carboxylic acids is 1. The molecule has 0 radical (unpaired) electrons. The van der Waals surface area contributed by atoms with E-state index < -0.39 is 35.8 Å². The average molecular weight is 616 g/mol. The smallest absolute Gasteiger partial charge is 0.351 e. The molecule has 1 aliphatic rings. The van der Waals surface area contributed by atoms with E-state index in [1.165, 1.54) is 30.9 Å². The number of carbonyl (C=O) groups is 1. The summed E-state index contributed by atoms with van der Waals surface area (Å²) < 4.78 is 30.8. The summed E-state index contributed by atoms with van der Waals surface area (Å²) in [7, 11) is 4.68. The van der Waals surface area contributed by atoms with Crippen LogP contribution in [-0.4, -0.2) is 66.8 Å². The number of methoxy groups -OCH3 is 3. The molecule has 0 aliphatic carbocycles. The van der Waals surface area contributed by atoms with Gasteiger partial charge in [-0.1, -0.05) is 54.6 Å². The molecule has 4 atom stereocenters. The third kappa shape index (κ3) is 6.62. The number of amides is 1. The van der Waals surface area contributed by atoms with Crippen LogP contribution in [0.5, 0.6) is 11.5 Å². The zero-order chi connectivity index (χ0) is 32.0. The molecule has 4 aromatic rings. The summed E-state index contributed by atoms with van der Waals surface area (Å²) in [5.41, 5.74) is 0.954. The molecular formula is C34H37N3O8. The molecule has 11 heteroatoms. The second-order valence-corrected chi connectivity index (χ2v) is 10.6. The van der Waals surface area contributed by atoms with E-state index in [0.29, 0.717) is 11.5 Å². The van der Waals surface area contributed by atoms with Crippen LogP contribution in [-0.2, 0) is 24.6 Å². The Labute approximate surface area is 261 Å². The summed E-state index contributed by atoms with van der Waals surface area (Å²) in [6, 6.07) is 26.8. The van der Waals surface area contributed by atoms with Crippen LogP contribution in [0.2, 0.25) is 0 Å². The first-order valence-corrected chi connectivity index (χ1v) is 14.5. The maximum absolute atomic E-state index is 12.8. The lowest BCUT2D eigenvalue weighted by Crippen LogP contribution is -2.37. The number of aliphatic hydroxyl groups excluding tert-OH is 1. The molecule has 45 heavy (non-hydrogen) atoms. The molecule has 1 amide bonds. The molecule has 0 saturated carbocycles. The van der Waals surface area contributed by atoms with Gasteiger partial charge in [0.2, 0.25) is 5.91 Å². The molecule has 1 aromatic heterocycles. The normalized spacial score (nSPS) is 19.7. The van der Waals surface area contributed by atoms with Crippen LogP contribution >= 0.6 is 0 Å². The summed E-state index contributed by atoms with van der Waals surface area (Å²) in [4.78, 5) is 28.1. The summed E-state index contributed by atoms with van der Waals surface area (Å²) >= 11 is 0. The zero-order valence-electron chi connectivity index (χ0n) is 25.6. The average Bonchev–Trinajstić information content (AvgIpc) is 3.37. The van der Waals surface area contributed by atoms with Gasteiger partial charge in [-0.05, 0) is 53.4 Å². The quantitative estimate of drug-likeness (QED) is 0.228. The van der Waals surface area contributed by atoms with Crippen LogP contribution in [0.4, 0.5) is 5.82 Å². The molecule has 5 rings (SSSR count). The van der Waals surface area contributed by atoms with E-state index in [-0.39, 0.29) is 24.8 Å². The highest BCUT2D eigenvalue weighted by molar-refractivity contribution is 5.87. The van der Waals surface area contributed by atoms with Crippen LogP contribution in [0.25, 0.3) is 0 Å². The van der Waals surface area contributed by atoms with Gasteiger partial charge in [0.05, 0.1) is 26.9 Å².